The number of aromatic nitrogens is 1. The Hall–Kier alpha value is -2.17. The molecule has 136 valence electrons. The molecule has 4 rings (SSSR count). The van der Waals surface area contributed by atoms with E-state index >= 15 is 0 Å². The number of fused-ring (bicyclic) bond motifs is 2. The van der Waals surface area contributed by atoms with Crippen LogP contribution in [0.1, 0.15) is 22.4 Å². The highest BCUT2D eigenvalue weighted by Crippen LogP contribution is 2.26. The van der Waals surface area contributed by atoms with Crippen molar-refractivity contribution in [3.63, 3.8) is 0 Å². The van der Waals surface area contributed by atoms with Crippen LogP contribution in [0.3, 0.4) is 0 Å². The second-order valence-corrected chi connectivity index (χ2v) is 7.39. The van der Waals surface area contributed by atoms with E-state index in [0.29, 0.717) is 13.1 Å². The fourth-order valence-corrected chi connectivity index (χ4v) is 4.13. The second kappa shape index (κ2) is 6.86. The highest BCUT2D eigenvalue weighted by Gasteiger charge is 2.20. The summed E-state index contributed by atoms with van der Waals surface area (Å²) in [5.74, 6) is -0.217. The maximum Gasteiger partial charge on any atom is 0.123 e. The van der Waals surface area contributed by atoms with Crippen LogP contribution >= 0.6 is 0 Å². The maximum absolute atomic E-state index is 13.6. The van der Waals surface area contributed by atoms with Gasteiger partial charge in [-0.15, -0.1) is 0 Å². The van der Waals surface area contributed by atoms with Gasteiger partial charge in [-0.1, -0.05) is 24.3 Å². The lowest BCUT2D eigenvalue weighted by molar-refractivity contribution is 0.0923. The molecule has 0 unspecified atom stereocenters. The van der Waals surface area contributed by atoms with E-state index in [2.05, 4.69) is 33.7 Å². The van der Waals surface area contributed by atoms with Crippen molar-refractivity contribution in [1.82, 2.24) is 9.47 Å². The molecule has 2 aromatic carbocycles. The van der Waals surface area contributed by atoms with Gasteiger partial charge in [-0.25, -0.2) is 4.39 Å². The van der Waals surface area contributed by atoms with Crippen LogP contribution in [0.4, 0.5) is 4.39 Å². The molecule has 4 heteroatoms. The van der Waals surface area contributed by atoms with Crippen molar-refractivity contribution < 1.29 is 9.50 Å². The third kappa shape index (κ3) is 3.15. The van der Waals surface area contributed by atoms with E-state index < -0.39 is 6.10 Å². The highest BCUT2D eigenvalue weighted by atomic mass is 19.1. The smallest absolute Gasteiger partial charge is 0.123 e. The Morgan fingerprint density at radius 3 is 2.65 bits per heavy atom. The molecule has 0 radical (unpaired) electrons. The standard InChI is InChI=1S/C22H25FN2O/c1-15-16(2)25(22-8-7-19(23)11-21(15)22)14-20(26)13-24-10-9-17-5-3-4-6-18(17)12-24/h3-8,11,20,26H,9-10,12-14H2,1-2H3/t20-/m1/s1. The Morgan fingerprint density at radius 1 is 1.08 bits per heavy atom. The van der Waals surface area contributed by atoms with E-state index in [1.54, 1.807) is 6.07 Å². The fraction of sp³-hybridized carbons (Fsp3) is 0.364. The van der Waals surface area contributed by atoms with Crippen molar-refractivity contribution in [1.29, 1.82) is 0 Å². The van der Waals surface area contributed by atoms with Gasteiger partial charge in [0.2, 0.25) is 0 Å². The van der Waals surface area contributed by atoms with Crippen molar-refractivity contribution in [2.75, 3.05) is 13.1 Å². The molecule has 0 saturated heterocycles. The van der Waals surface area contributed by atoms with E-state index in [4.69, 9.17) is 0 Å². The number of rotatable bonds is 4. The third-order valence-corrected chi connectivity index (χ3v) is 5.67. The zero-order valence-electron chi connectivity index (χ0n) is 15.4. The van der Waals surface area contributed by atoms with Crippen molar-refractivity contribution in [3.8, 4) is 0 Å². The SMILES string of the molecule is Cc1c(C)n(C[C@H](O)CN2CCc3ccccc3C2)c2ccc(F)cc12. The zero-order chi connectivity index (χ0) is 18.3. The van der Waals surface area contributed by atoms with Gasteiger partial charge in [-0.2, -0.15) is 0 Å². The molecule has 1 aliphatic heterocycles. The zero-order valence-corrected chi connectivity index (χ0v) is 15.4. The van der Waals surface area contributed by atoms with Crippen LogP contribution in [0.25, 0.3) is 10.9 Å². The molecule has 1 aromatic heterocycles. The summed E-state index contributed by atoms with van der Waals surface area (Å²) in [6, 6.07) is 13.4. The number of aliphatic hydroxyl groups excluding tert-OH is 1. The lowest BCUT2D eigenvalue weighted by Gasteiger charge is -2.30. The number of aliphatic hydroxyl groups is 1. The molecule has 1 atom stereocenters. The summed E-state index contributed by atoms with van der Waals surface area (Å²) in [5, 5.41) is 11.6. The molecular formula is C22H25FN2O. The Labute approximate surface area is 153 Å². The van der Waals surface area contributed by atoms with Crippen molar-refractivity contribution in [2.24, 2.45) is 0 Å². The molecule has 0 fully saturated rings. The van der Waals surface area contributed by atoms with E-state index in [0.717, 1.165) is 41.7 Å². The molecule has 26 heavy (non-hydrogen) atoms. The predicted octanol–water partition coefficient (Wildman–Crippen LogP) is 3.82. The highest BCUT2D eigenvalue weighted by molar-refractivity contribution is 5.85. The average Bonchev–Trinajstić information content (AvgIpc) is 2.86. The third-order valence-electron chi connectivity index (χ3n) is 5.67. The number of hydrogen-bond acceptors (Lipinski definition) is 2. The normalized spacial score (nSPS) is 16.0. The molecule has 0 aliphatic carbocycles. The molecule has 0 saturated carbocycles. The quantitative estimate of drug-likeness (QED) is 0.773. The average molecular weight is 352 g/mol. The summed E-state index contributed by atoms with van der Waals surface area (Å²) >= 11 is 0. The minimum atomic E-state index is -0.459. The number of hydrogen-bond donors (Lipinski definition) is 1. The molecule has 3 aromatic rings. The van der Waals surface area contributed by atoms with Gasteiger partial charge in [0, 0.05) is 36.2 Å². The lowest BCUT2D eigenvalue weighted by atomic mass is 10.00. The van der Waals surface area contributed by atoms with Gasteiger partial charge in [-0.3, -0.25) is 4.90 Å². The van der Waals surface area contributed by atoms with Gasteiger partial charge < -0.3 is 9.67 Å². The number of halogens is 1. The summed E-state index contributed by atoms with van der Waals surface area (Å²) in [7, 11) is 0. The number of aryl methyl sites for hydroxylation is 1. The first-order valence-corrected chi connectivity index (χ1v) is 9.25. The molecule has 0 amide bonds. The van der Waals surface area contributed by atoms with Gasteiger partial charge in [0.25, 0.3) is 0 Å². The van der Waals surface area contributed by atoms with Crippen molar-refractivity contribution in [2.45, 2.75) is 39.5 Å². The Morgan fingerprint density at radius 2 is 1.85 bits per heavy atom. The summed E-state index contributed by atoms with van der Waals surface area (Å²) in [4.78, 5) is 2.32. The van der Waals surface area contributed by atoms with Gasteiger partial charge in [0.15, 0.2) is 0 Å². The molecule has 1 N–H and O–H groups in total. The summed E-state index contributed by atoms with van der Waals surface area (Å²) in [6.07, 6.45) is 0.575. The first-order chi connectivity index (χ1) is 12.5. The van der Waals surface area contributed by atoms with E-state index in [1.165, 1.54) is 17.2 Å². The second-order valence-electron chi connectivity index (χ2n) is 7.39. The topological polar surface area (TPSA) is 28.4 Å². The molecular weight excluding hydrogens is 327 g/mol. The minimum Gasteiger partial charge on any atom is -0.390 e. The summed E-state index contributed by atoms with van der Waals surface area (Å²) in [6.45, 7) is 7.10. The maximum atomic E-state index is 13.6. The van der Waals surface area contributed by atoms with Crippen LogP contribution in [0, 0.1) is 19.7 Å². The van der Waals surface area contributed by atoms with Gasteiger partial charge >= 0.3 is 0 Å². The van der Waals surface area contributed by atoms with Gasteiger partial charge in [-0.05, 0) is 55.2 Å². The largest absolute Gasteiger partial charge is 0.390 e. The number of benzene rings is 2. The van der Waals surface area contributed by atoms with Gasteiger partial charge in [0.05, 0.1) is 12.6 Å². The summed E-state index contributed by atoms with van der Waals surface area (Å²) < 4.78 is 15.7. The minimum absolute atomic E-state index is 0.217. The molecule has 1 aliphatic rings. The van der Waals surface area contributed by atoms with Crippen LogP contribution < -0.4 is 0 Å². The van der Waals surface area contributed by atoms with Crippen molar-refractivity contribution in [3.05, 3.63) is 70.7 Å². The Kier molecular flexibility index (Phi) is 4.55. The predicted molar refractivity (Wildman–Crippen MR) is 103 cm³/mol. The Balaban J connectivity index is 1.50. The van der Waals surface area contributed by atoms with E-state index in [1.807, 2.05) is 19.9 Å². The monoisotopic (exact) mass is 352 g/mol. The van der Waals surface area contributed by atoms with Crippen LogP contribution in [0.5, 0.6) is 0 Å². The van der Waals surface area contributed by atoms with Crippen LogP contribution in [0.2, 0.25) is 0 Å². The van der Waals surface area contributed by atoms with Gasteiger partial charge in [0.1, 0.15) is 5.82 Å². The Bertz CT molecular complexity index is 947. The fourth-order valence-electron chi connectivity index (χ4n) is 4.13. The van der Waals surface area contributed by atoms with E-state index in [9.17, 15) is 9.50 Å². The first-order valence-electron chi connectivity index (χ1n) is 9.25. The molecule has 0 bridgehead atoms. The first kappa shape index (κ1) is 17.3. The van der Waals surface area contributed by atoms with Crippen LogP contribution in [-0.2, 0) is 19.5 Å². The van der Waals surface area contributed by atoms with Crippen LogP contribution in [0.15, 0.2) is 42.5 Å². The molecule has 2 heterocycles. The molecule has 0 spiro atoms. The number of nitrogens with zero attached hydrogens (tertiary/aromatic N) is 2. The van der Waals surface area contributed by atoms with Crippen LogP contribution in [-0.4, -0.2) is 33.8 Å². The lowest BCUT2D eigenvalue weighted by Crippen LogP contribution is -2.38. The van der Waals surface area contributed by atoms with E-state index in [-0.39, 0.29) is 5.82 Å². The summed E-state index contributed by atoms with van der Waals surface area (Å²) in [5.41, 5.74) is 5.94. The number of β-amino-alcohol motifs (C(OH)–C–C–N with tert-alkyl or cyclic N) is 1. The molecule has 3 nitrogen and oxygen atoms in total. The van der Waals surface area contributed by atoms with Crippen molar-refractivity contribution >= 4 is 10.9 Å².